The van der Waals surface area contributed by atoms with Gasteiger partial charge in [-0.15, -0.1) is 11.8 Å². The van der Waals surface area contributed by atoms with E-state index in [1.807, 2.05) is 32.5 Å². The molecule has 4 nitrogen and oxygen atoms in total. The van der Waals surface area contributed by atoms with Crippen molar-refractivity contribution in [3.8, 4) is 0 Å². The van der Waals surface area contributed by atoms with Crippen LogP contribution in [0.15, 0.2) is 11.6 Å². The predicted molar refractivity (Wildman–Crippen MR) is 190 cm³/mol. The van der Waals surface area contributed by atoms with Gasteiger partial charge in [0.2, 0.25) is 5.91 Å². The van der Waals surface area contributed by atoms with Gasteiger partial charge >= 0.3 is 0 Å². The fourth-order valence-corrected chi connectivity index (χ4v) is 11.3. The lowest BCUT2D eigenvalue weighted by Crippen LogP contribution is -2.50. The van der Waals surface area contributed by atoms with E-state index in [0.29, 0.717) is 41.3 Å². The third-order valence-electron chi connectivity index (χ3n) is 12.5. The van der Waals surface area contributed by atoms with E-state index in [1.54, 1.807) is 12.5 Å². The first-order chi connectivity index (χ1) is 20.5. The van der Waals surface area contributed by atoms with Crippen molar-refractivity contribution >= 4 is 36.1 Å². The molecule has 8 atom stereocenters. The third kappa shape index (κ3) is 8.91. The highest BCUT2D eigenvalue weighted by atomic mass is 32.2. The van der Waals surface area contributed by atoms with Crippen LogP contribution in [0.3, 0.4) is 0 Å². The number of thiol groups is 1. The van der Waals surface area contributed by atoms with E-state index < -0.39 is 10.5 Å². The summed E-state index contributed by atoms with van der Waals surface area (Å²) in [5.74, 6) is 5.08. The van der Waals surface area contributed by atoms with Crippen LogP contribution in [0.25, 0.3) is 0 Å². The third-order valence-corrected chi connectivity index (χ3v) is 14.1. The maximum absolute atomic E-state index is 12.9. The van der Waals surface area contributed by atoms with Crippen molar-refractivity contribution in [1.82, 2.24) is 5.32 Å². The molecular weight excluding hydrogens is 583 g/mol. The van der Waals surface area contributed by atoms with Crippen molar-refractivity contribution in [2.45, 2.75) is 161 Å². The number of nitrogens with one attached hydrogen (secondary N) is 1. The fraction of sp³-hybridized carbons (Fsp3) is 0.895. The topological polar surface area (TPSA) is 55.4 Å². The number of Topliss-reactive ketones (excluding diaryl/α,β-unsaturated/α-hetero) is 1. The summed E-state index contributed by atoms with van der Waals surface area (Å²) in [5.41, 5.74) is 2.14. The molecule has 252 valence electrons. The maximum atomic E-state index is 12.9. The molecule has 0 bridgehead atoms. The van der Waals surface area contributed by atoms with Crippen LogP contribution in [0.2, 0.25) is 0 Å². The molecule has 1 N–H and O–H groups in total. The van der Waals surface area contributed by atoms with Gasteiger partial charge < -0.3 is 10.1 Å². The minimum Gasteiger partial charge on any atom is -0.375 e. The Kier molecular flexibility index (Phi) is 12.2. The van der Waals surface area contributed by atoms with Gasteiger partial charge in [-0.1, -0.05) is 58.6 Å². The van der Waals surface area contributed by atoms with Crippen LogP contribution in [-0.4, -0.2) is 39.8 Å². The monoisotopic (exact) mass is 647 g/mol. The first-order valence-corrected chi connectivity index (χ1v) is 19.5. The van der Waals surface area contributed by atoms with Crippen LogP contribution in [-0.2, 0) is 14.3 Å². The average Bonchev–Trinajstić information content (AvgIpc) is 3.24. The molecule has 0 heterocycles. The standard InChI is InChI=1S/C38H65NO3S2/c1-26(2)11-9-10-12-28-14-16-32-31-15-13-29-23-30(17-19-37(29,7)33(31)18-20-36(28,32)6)44-25-34(41)39-38(8,43)21-22-42-35(4,5)24-27(3)40/h13,26,28,30-33,43H,9-12,14-25H2,1-8H3,(H,39,41). The Morgan fingerprint density at radius 2 is 1.84 bits per heavy atom. The molecule has 4 aliphatic rings. The van der Waals surface area contributed by atoms with E-state index in [4.69, 9.17) is 17.4 Å². The van der Waals surface area contributed by atoms with Gasteiger partial charge in [-0.3, -0.25) is 9.59 Å². The molecule has 3 saturated carbocycles. The number of hydrogen-bond donors (Lipinski definition) is 2. The second-order valence-electron chi connectivity index (χ2n) is 17.0. The number of rotatable bonds is 15. The summed E-state index contributed by atoms with van der Waals surface area (Å²) >= 11 is 6.57. The quantitative estimate of drug-likeness (QED) is 0.0804. The molecule has 8 unspecified atom stereocenters. The summed E-state index contributed by atoms with van der Waals surface area (Å²) in [6.45, 7) is 17.9. The molecule has 3 fully saturated rings. The smallest absolute Gasteiger partial charge is 0.231 e. The second kappa shape index (κ2) is 14.8. The first-order valence-electron chi connectivity index (χ1n) is 18.0. The Morgan fingerprint density at radius 1 is 1.09 bits per heavy atom. The Morgan fingerprint density at radius 3 is 2.55 bits per heavy atom. The number of fused-ring (bicyclic) bond motifs is 5. The second-order valence-corrected chi connectivity index (χ2v) is 19.3. The molecule has 1 amide bonds. The number of ether oxygens (including phenoxy) is 1. The highest BCUT2D eigenvalue weighted by Crippen LogP contribution is 2.67. The van der Waals surface area contributed by atoms with Gasteiger partial charge in [-0.2, -0.15) is 12.6 Å². The van der Waals surface area contributed by atoms with Gasteiger partial charge in [0.1, 0.15) is 5.78 Å². The fourth-order valence-electron chi connectivity index (χ4n) is 10.1. The van der Waals surface area contributed by atoms with E-state index in [2.05, 4.69) is 39.1 Å². The zero-order valence-corrected chi connectivity index (χ0v) is 31.1. The van der Waals surface area contributed by atoms with E-state index in [1.165, 1.54) is 70.6 Å². The van der Waals surface area contributed by atoms with Gasteiger partial charge in [-0.25, -0.2) is 0 Å². The largest absolute Gasteiger partial charge is 0.375 e. The molecule has 0 aromatic heterocycles. The highest BCUT2D eigenvalue weighted by Gasteiger charge is 2.58. The van der Waals surface area contributed by atoms with Gasteiger partial charge in [0.05, 0.1) is 22.8 Å². The number of thioether (sulfide) groups is 1. The molecule has 0 saturated heterocycles. The van der Waals surface area contributed by atoms with Crippen LogP contribution < -0.4 is 5.32 Å². The normalized spacial score (nSPS) is 34.9. The summed E-state index contributed by atoms with van der Waals surface area (Å²) in [6, 6.07) is 0. The van der Waals surface area contributed by atoms with Crippen LogP contribution >= 0.6 is 24.4 Å². The lowest BCUT2D eigenvalue weighted by Gasteiger charge is -2.58. The minimum absolute atomic E-state index is 0.0491. The average molecular weight is 648 g/mol. The summed E-state index contributed by atoms with van der Waals surface area (Å²) < 4.78 is 5.94. The summed E-state index contributed by atoms with van der Waals surface area (Å²) in [7, 11) is 0. The van der Waals surface area contributed by atoms with Gasteiger partial charge in [0, 0.05) is 18.1 Å². The van der Waals surface area contributed by atoms with Crippen molar-refractivity contribution in [3.63, 3.8) is 0 Å². The van der Waals surface area contributed by atoms with E-state index >= 15 is 0 Å². The van der Waals surface area contributed by atoms with E-state index in [0.717, 1.165) is 36.0 Å². The number of allylic oxidation sites excluding steroid dienone is 2. The first kappa shape index (κ1) is 36.4. The van der Waals surface area contributed by atoms with Crippen molar-refractivity contribution in [2.75, 3.05) is 12.4 Å². The van der Waals surface area contributed by atoms with E-state index in [9.17, 15) is 9.59 Å². The zero-order valence-electron chi connectivity index (χ0n) is 29.4. The Balaban J connectivity index is 1.25. The molecule has 6 heteroatoms. The van der Waals surface area contributed by atoms with E-state index in [-0.39, 0.29) is 11.7 Å². The predicted octanol–water partition coefficient (Wildman–Crippen LogP) is 9.81. The van der Waals surface area contributed by atoms with Crippen molar-refractivity contribution in [1.29, 1.82) is 0 Å². The van der Waals surface area contributed by atoms with Crippen molar-refractivity contribution in [2.24, 2.45) is 40.4 Å². The van der Waals surface area contributed by atoms with Gasteiger partial charge in [0.15, 0.2) is 0 Å². The number of hydrogen-bond acceptors (Lipinski definition) is 5. The zero-order chi connectivity index (χ0) is 32.3. The summed E-state index contributed by atoms with van der Waals surface area (Å²) in [4.78, 5) is 23.8. The van der Waals surface area contributed by atoms with Gasteiger partial charge in [-0.05, 0) is 126 Å². The number of unbranched alkanes of at least 4 members (excludes halogenated alkanes) is 1. The minimum atomic E-state index is -0.640. The molecule has 0 aliphatic heterocycles. The Bertz CT molecular complexity index is 1040. The van der Waals surface area contributed by atoms with Crippen LogP contribution in [0, 0.1) is 40.4 Å². The molecule has 4 rings (SSSR count). The molecule has 44 heavy (non-hydrogen) atoms. The molecule has 4 aliphatic carbocycles. The van der Waals surface area contributed by atoms with Crippen LogP contribution in [0.1, 0.15) is 145 Å². The van der Waals surface area contributed by atoms with Gasteiger partial charge in [0.25, 0.3) is 0 Å². The van der Waals surface area contributed by atoms with Crippen molar-refractivity contribution < 1.29 is 14.3 Å². The molecule has 0 radical (unpaired) electrons. The lowest BCUT2D eigenvalue weighted by atomic mass is 9.47. The summed E-state index contributed by atoms with van der Waals surface area (Å²) in [6.07, 6.45) is 20.1. The Hall–Kier alpha value is -0.460. The number of carbonyl (C=O) groups excluding carboxylic acids is 2. The SMILES string of the molecule is CC(=O)CC(C)(C)OCCC(C)(S)NC(=O)CSC1CCC2(C)C(=CCC3C2CCC2(C)C(CCCCC(C)C)CCC32)C1. The van der Waals surface area contributed by atoms with Crippen molar-refractivity contribution in [3.05, 3.63) is 11.6 Å². The molecule has 0 aromatic rings. The lowest BCUT2D eigenvalue weighted by molar-refractivity contribution is -0.123. The molecule has 0 aromatic carbocycles. The molecule has 0 spiro atoms. The number of ketones is 1. The Labute approximate surface area is 280 Å². The number of amides is 1. The highest BCUT2D eigenvalue weighted by molar-refractivity contribution is 8.00. The maximum Gasteiger partial charge on any atom is 0.231 e. The summed E-state index contributed by atoms with van der Waals surface area (Å²) in [5, 5.41) is 3.64. The molecular formula is C38H65NO3S2. The van der Waals surface area contributed by atoms with Crippen LogP contribution in [0.5, 0.6) is 0 Å². The number of carbonyl (C=O) groups is 2. The van der Waals surface area contributed by atoms with Crippen LogP contribution in [0.4, 0.5) is 0 Å².